The topological polar surface area (TPSA) is 69.6 Å². The normalized spacial score (nSPS) is 19.0. The molecule has 0 radical (unpaired) electrons. The van der Waals surface area contributed by atoms with E-state index in [-0.39, 0.29) is 30.8 Å². The van der Waals surface area contributed by atoms with Gasteiger partial charge in [-0.2, -0.15) is 0 Å². The first kappa shape index (κ1) is 16.5. The zero-order valence-electron chi connectivity index (χ0n) is 13.0. The third kappa shape index (κ3) is 4.84. The summed E-state index contributed by atoms with van der Waals surface area (Å²) in [6, 6.07) is 9.55. The predicted molar refractivity (Wildman–Crippen MR) is 84.2 cm³/mol. The first-order chi connectivity index (χ1) is 10.6. The van der Waals surface area contributed by atoms with Gasteiger partial charge in [-0.05, 0) is 31.7 Å². The van der Waals surface area contributed by atoms with Crippen LogP contribution < -0.4 is 5.32 Å². The Morgan fingerprint density at radius 2 is 2.09 bits per heavy atom. The molecule has 1 aromatic carbocycles. The Morgan fingerprint density at radius 3 is 2.77 bits per heavy atom. The fourth-order valence-corrected chi connectivity index (χ4v) is 2.92. The third-order valence-electron chi connectivity index (χ3n) is 3.95. The van der Waals surface area contributed by atoms with Gasteiger partial charge in [-0.15, -0.1) is 0 Å². The summed E-state index contributed by atoms with van der Waals surface area (Å²) >= 11 is 0. The lowest BCUT2D eigenvalue weighted by molar-refractivity contribution is -0.133. The molecule has 0 aliphatic carbocycles. The molecule has 1 aliphatic heterocycles. The second kappa shape index (κ2) is 7.94. The maximum absolute atomic E-state index is 12.2. The molecular weight excluding hydrogens is 280 g/mol. The molecule has 5 nitrogen and oxygen atoms in total. The molecule has 22 heavy (non-hydrogen) atoms. The molecule has 2 amide bonds. The third-order valence-corrected chi connectivity index (χ3v) is 3.95. The largest absolute Gasteiger partial charge is 0.393 e. The van der Waals surface area contributed by atoms with Gasteiger partial charge in [-0.3, -0.25) is 9.59 Å². The van der Waals surface area contributed by atoms with E-state index < -0.39 is 6.10 Å². The monoisotopic (exact) mass is 304 g/mol. The molecule has 2 atom stereocenters. The minimum Gasteiger partial charge on any atom is -0.393 e. The van der Waals surface area contributed by atoms with Crippen molar-refractivity contribution in [3.63, 3.8) is 0 Å². The van der Waals surface area contributed by atoms with E-state index in [9.17, 15) is 14.7 Å². The van der Waals surface area contributed by atoms with Crippen LogP contribution in [0.5, 0.6) is 0 Å². The Bertz CT molecular complexity index is 502. The molecule has 1 aromatic rings. The summed E-state index contributed by atoms with van der Waals surface area (Å²) in [6.45, 7) is 2.48. The van der Waals surface area contributed by atoms with Crippen molar-refractivity contribution < 1.29 is 14.7 Å². The maximum atomic E-state index is 12.2. The highest BCUT2D eigenvalue weighted by atomic mass is 16.3. The minimum absolute atomic E-state index is 0.0297. The molecule has 120 valence electrons. The highest BCUT2D eigenvalue weighted by molar-refractivity contribution is 5.86. The SMILES string of the molecule is CC(O)CC1CCCN1C(=O)CNC(=O)Cc1ccccc1. The van der Waals surface area contributed by atoms with Crippen molar-refractivity contribution in [3.05, 3.63) is 35.9 Å². The van der Waals surface area contributed by atoms with Crippen LogP contribution in [0.4, 0.5) is 0 Å². The van der Waals surface area contributed by atoms with Gasteiger partial charge < -0.3 is 15.3 Å². The van der Waals surface area contributed by atoms with Crippen LogP contribution in [-0.4, -0.2) is 47.1 Å². The molecule has 0 aromatic heterocycles. The smallest absolute Gasteiger partial charge is 0.242 e. The van der Waals surface area contributed by atoms with Gasteiger partial charge in [-0.25, -0.2) is 0 Å². The number of rotatable bonds is 6. The van der Waals surface area contributed by atoms with Crippen molar-refractivity contribution in [1.82, 2.24) is 10.2 Å². The number of aliphatic hydroxyl groups excluding tert-OH is 1. The first-order valence-corrected chi connectivity index (χ1v) is 7.84. The zero-order valence-corrected chi connectivity index (χ0v) is 13.0. The lowest BCUT2D eigenvalue weighted by atomic mass is 10.1. The van der Waals surface area contributed by atoms with Gasteiger partial charge in [-0.1, -0.05) is 30.3 Å². The molecule has 1 aliphatic rings. The number of nitrogens with zero attached hydrogens (tertiary/aromatic N) is 1. The van der Waals surface area contributed by atoms with Gasteiger partial charge in [0.1, 0.15) is 0 Å². The Balaban J connectivity index is 1.78. The van der Waals surface area contributed by atoms with Gasteiger partial charge in [0, 0.05) is 12.6 Å². The summed E-state index contributed by atoms with van der Waals surface area (Å²) in [4.78, 5) is 25.9. The maximum Gasteiger partial charge on any atom is 0.242 e. The average molecular weight is 304 g/mol. The molecule has 1 saturated heterocycles. The van der Waals surface area contributed by atoms with Crippen molar-refractivity contribution in [3.8, 4) is 0 Å². The summed E-state index contributed by atoms with van der Waals surface area (Å²) in [5.74, 6) is -0.213. The number of hydrogen-bond donors (Lipinski definition) is 2. The van der Waals surface area contributed by atoms with E-state index in [0.717, 1.165) is 18.4 Å². The fourth-order valence-electron chi connectivity index (χ4n) is 2.92. The second-order valence-corrected chi connectivity index (χ2v) is 5.91. The Kier molecular flexibility index (Phi) is 5.95. The van der Waals surface area contributed by atoms with E-state index >= 15 is 0 Å². The zero-order chi connectivity index (χ0) is 15.9. The van der Waals surface area contributed by atoms with Crippen molar-refractivity contribution in [2.45, 2.75) is 44.8 Å². The molecule has 1 fully saturated rings. The molecule has 2 unspecified atom stereocenters. The van der Waals surface area contributed by atoms with E-state index in [4.69, 9.17) is 0 Å². The second-order valence-electron chi connectivity index (χ2n) is 5.91. The molecule has 2 rings (SSSR count). The lowest BCUT2D eigenvalue weighted by Gasteiger charge is -2.25. The van der Waals surface area contributed by atoms with Gasteiger partial charge in [0.2, 0.25) is 11.8 Å². The van der Waals surface area contributed by atoms with Crippen LogP contribution in [0, 0.1) is 0 Å². The van der Waals surface area contributed by atoms with Gasteiger partial charge >= 0.3 is 0 Å². The standard InChI is InChI=1S/C17H24N2O3/c1-13(20)10-15-8-5-9-19(15)17(22)12-18-16(21)11-14-6-3-2-4-7-14/h2-4,6-7,13,15,20H,5,8-12H2,1H3,(H,18,21). The number of nitrogens with one attached hydrogen (secondary N) is 1. The predicted octanol–water partition coefficient (Wildman–Crippen LogP) is 1.11. The number of carbonyl (C=O) groups is 2. The van der Waals surface area contributed by atoms with Crippen molar-refractivity contribution >= 4 is 11.8 Å². The molecule has 5 heteroatoms. The fraction of sp³-hybridized carbons (Fsp3) is 0.529. The van der Waals surface area contributed by atoms with E-state index in [1.54, 1.807) is 11.8 Å². The van der Waals surface area contributed by atoms with Crippen molar-refractivity contribution in [2.24, 2.45) is 0 Å². The van der Waals surface area contributed by atoms with E-state index in [0.29, 0.717) is 13.0 Å². The summed E-state index contributed by atoms with van der Waals surface area (Å²) in [5.41, 5.74) is 0.931. The quantitative estimate of drug-likeness (QED) is 0.827. The van der Waals surface area contributed by atoms with Gasteiger partial charge in [0.25, 0.3) is 0 Å². The van der Waals surface area contributed by atoms with Crippen LogP contribution >= 0.6 is 0 Å². The Hall–Kier alpha value is -1.88. The number of benzene rings is 1. The van der Waals surface area contributed by atoms with E-state index in [1.807, 2.05) is 30.3 Å². The van der Waals surface area contributed by atoms with Crippen LogP contribution in [0.3, 0.4) is 0 Å². The summed E-state index contributed by atoms with van der Waals surface area (Å²) in [7, 11) is 0. The minimum atomic E-state index is -0.411. The summed E-state index contributed by atoms with van der Waals surface area (Å²) < 4.78 is 0. The summed E-state index contributed by atoms with van der Waals surface area (Å²) in [5, 5.41) is 12.2. The Labute approximate surface area is 131 Å². The van der Waals surface area contributed by atoms with Crippen LogP contribution in [0.1, 0.15) is 31.7 Å². The lowest BCUT2D eigenvalue weighted by Crippen LogP contribution is -2.43. The van der Waals surface area contributed by atoms with Crippen LogP contribution in [0.15, 0.2) is 30.3 Å². The van der Waals surface area contributed by atoms with Crippen LogP contribution in [-0.2, 0) is 16.0 Å². The van der Waals surface area contributed by atoms with Crippen LogP contribution in [0.2, 0.25) is 0 Å². The number of hydrogen-bond acceptors (Lipinski definition) is 3. The highest BCUT2D eigenvalue weighted by Crippen LogP contribution is 2.21. The molecular formula is C17H24N2O3. The summed E-state index contributed by atoms with van der Waals surface area (Å²) in [6.07, 6.45) is 2.36. The van der Waals surface area contributed by atoms with Gasteiger partial charge in [0.05, 0.1) is 19.1 Å². The Morgan fingerprint density at radius 1 is 1.36 bits per heavy atom. The average Bonchev–Trinajstić information content (AvgIpc) is 2.93. The molecule has 0 bridgehead atoms. The number of carbonyl (C=O) groups excluding carboxylic acids is 2. The molecule has 0 saturated carbocycles. The van der Waals surface area contributed by atoms with E-state index in [2.05, 4.69) is 5.32 Å². The molecule has 2 N–H and O–H groups in total. The van der Waals surface area contributed by atoms with E-state index in [1.165, 1.54) is 0 Å². The number of amides is 2. The molecule has 1 heterocycles. The van der Waals surface area contributed by atoms with Gasteiger partial charge in [0.15, 0.2) is 0 Å². The van der Waals surface area contributed by atoms with Crippen molar-refractivity contribution in [2.75, 3.05) is 13.1 Å². The first-order valence-electron chi connectivity index (χ1n) is 7.84. The number of aliphatic hydroxyl groups is 1. The van der Waals surface area contributed by atoms with Crippen LogP contribution in [0.25, 0.3) is 0 Å². The molecule has 0 spiro atoms. The van der Waals surface area contributed by atoms with Crippen molar-refractivity contribution in [1.29, 1.82) is 0 Å². The highest BCUT2D eigenvalue weighted by Gasteiger charge is 2.29. The number of likely N-dealkylation sites (tertiary alicyclic amines) is 1.